The summed E-state index contributed by atoms with van der Waals surface area (Å²) in [4.78, 5) is 22.2. The number of aliphatic carboxylic acids is 1. The molecule has 1 fully saturated rings. The molecule has 0 aliphatic heterocycles. The van der Waals surface area contributed by atoms with Gasteiger partial charge < -0.3 is 10.4 Å². The van der Waals surface area contributed by atoms with Crippen molar-refractivity contribution in [2.24, 2.45) is 5.92 Å². The molecule has 4 nitrogen and oxygen atoms in total. The molecule has 1 amide bonds. The first-order chi connectivity index (χ1) is 7.13. The van der Waals surface area contributed by atoms with E-state index < -0.39 is 12.0 Å². The minimum absolute atomic E-state index is 0.155. The standard InChI is InChI=1S/C10H17NO3S/c1-15-5-4-9(12)11-8(10(13)14)6-7-2-3-7/h7-8H,2-6H2,1H3,(H,11,12)(H,13,14). The van der Waals surface area contributed by atoms with Crippen LogP contribution in [0, 0.1) is 5.92 Å². The topological polar surface area (TPSA) is 66.4 Å². The summed E-state index contributed by atoms with van der Waals surface area (Å²) in [5.74, 6) is 0.172. The molecule has 0 aromatic carbocycles. The van der Waals surface area contributed by atoms with Gasteiger partial charge in [0.2, 0.25) is 5.91 Å². The number of hydrogen-bond acceptors (Lipinski definition) is 3. The maximum Gasteiger partial charge on any atom is 0.326 e. The second-order valence-corrected chi connectivity index (χ2v) is 4.87. The third kappa shape index (κ3) is 5.06. The predicted octanol–water partition coefficient (Wildman–Crippen LogP) is 1.11. The molecular formula is C10H17NO3S. The maximum atomic E-state index is 11.3. The van der Waals surface area contributed by atoms with E-state index in [4.69, 9.17) is 5.11 Å². The van der Waals surface area contributed by atoms with Gasteiger partial charge in [0, 0.05) is 12.2 Å². The molecule has 0 aromatic heterocycles. The van der Waals surface area contributed by atoms with Crippen LogP contribution in [0.5, 0.6) is 0 Å². The number of rotatable bonds is 7. The highest BCUT2D eigenvalue weighted by Gasteiger charge is 2.29. The second kappa shape index (κ2) is 6.00. The van der Waals surface area contributed by atoms with Crippen LogP contribution in [0.1, 0.15) is 25.7 Å². The number of carbonyl (C=O) groups excluding carboxylic acids is 1. The van der Waals surface area contributed by atoms with E-state index >= 15 is 0 Å². The number of thioether (sulfide) groups is 1. The van der Waals surface area contributed by atoms with Gasteiger partial charge in [0.05, 0.1) is 0 Å². The number of carbonyl (C=O) groups is 2. The highest BCUT2D eigenvalue weighted by atomic mass is 32.2. The van der Waals surface area contributed by atoms with Crippen molar-refractivity contribution >= 4 is 23.6 Å². The van der Waals surface area contributed by atoms with Gasteiger partial charge in [0.25, 0.3) is 0 Å². The molecule has 86 valence electrons. The van der Waals surface area contributed by atoms with Crippen LogP contribution in [-0.4, -0.2) is 35.0 Å². The fourth-order valence-corrected chi connectivity index (χ4v) is 1.76. The monoisotopic (exact) mass is 231 g/mol. The summed E-state index contributed by atoms with van der Waals surface area (Å²) in [5.41, 5.74) is 0. The van der Waals surface area contributed by atoms with Gasteiger partial charge in [0.1, 0.15) is 6.04 Å². The highest BCUT2D eigenvalue weighted by Crippen LogP contribution is 2.33. The van der Waals surface area contributed by atoms with Gasteiger partial charge in [-0.3, -0.25) is 4.79 Å². The Kier molecular flexibility index (Phi) is 4.94. The van der Waals surface area contributed by atoms with Crippen LogP contribution >= 0.6 is 11.8 Å². The van der Waals surface area contributed by atoms with Crippen molar-refractivity contribution in [2.45, 2.75) is 31.7 Å². The molecule has 1 unspecified atom stereocenters. The Morgan fingerprint density at radius 1 is 1.53 bits per heavy atom. The molecule has 2 N–H and O–H groups in total. The summed E-state index contributed by atoms with van der Waals surface area (Å²) in [5, 5.41) is 11.5. The van der Waals surface area contributed by atoms with Gasteiger partial charge in [-0.15, -0.1) is 0 Å². The lowest BCUT2D eigenvalue weighted by Gasteiger charge is -2.13. The molecule has 1 atom stereocenters. The third-order valence-electron chi connectivity index (χ3n) is 2.43. The van der Waals surface area contributed by atoms with Gasteiger partial charge in [-0.25, -0.2) is 4.79 Å². The number of nitrogens with one attached hydrogen (secondary N) is 1. The maximum absolute atomic E-state index is 11.3. The van der Waals surface area contributed by atoms with E-state index in [0.717, 1.165) is 18.6 Å². The Labute approximate surface area is 93.8 Å². The van der Waals surface area contributed by atoms with E-state index in [9.17, 15) is 9.59 Å². The lowest BCUT2D eigenvalue weighted by molar-refractivity contribution is -0.142. The fraction of sp³-hybridized carbons (Fsp3) is 0.800. The van der Waals surface area contributed by atoms with Gasteiger partial charge in [0.15, 0.2) is 0 Å². The zero-order chi connectivity index (χ0) is 11.3. The molecule has 1 saturated carbocycles. The molecule has 15 heavy (non-hydrogen) atoms. The minimum atomic E-state index is -0.917. The van der Waals surface area contributed by atoms with Gasteiger partial charge in [-0.05, 0) is 18.6 Å². The molecule has 0 bridgehead atoms. The normalized spacial score (nSPS) is 17.1. The van der Waals surface area contributed by atoms with Crippen molar-refractivity contribution in [1.82, 2.24) is 5.32 Å². The molecular weight excluding hydrogens is 214 g/mol. The first-order valence-electron chi connectivity index (χ1n) is 5.14. The Bertz CT molecular complexity index is 241. The lowest BCUT2D eigenvalue weighted by Crippen LogP contribution is -2.41. The van der Waals surface area contributed by atoms with E-state index in [1.807, 2.05) is 6.26 Å². The van der Waals surface area contributed by atoms with Crippen molar-refractivity contribution in [3.8, 4) is 0 Å². The molecule has 1 rings (SSSR count). The summed E-state index contributed by atoms with van der Waals surface area (Å²) in [6, 6.07) is -0.688. The van der Waals surface area contributed by atoms with Crippen molar-refractivity contribution in [1.29, 1.82) is 0 Å². The number of hydrogen-bond donors (Lipinski definition) is 2. The molecule has 1 aliphatic rings. The Balaban J connectivity index is 2.28. The van der Waals surface area contributed by atoms with E-state index in [1.165, 1.54) is 0 Å². The summed E-state index contributed by atoms with van der Waals surface area (Å²) >= 11 is 1.58. The summed E-state index contributed by atoms with van der Waals surface area (Å²) in [6.07, 6.45) is 5.11. The van der Waals surface area contributed by atoms with Gasteiger partial charge in [-0.2, -0.15) is 11.8 Å². The van der Waals surface area contributed by atoms with Crippen LogP contribution in [0.25, 0.3) is 0 Å². The molecule has 0 radical (unpaired) electrons. The number of carboxylic acids is 1. The Morgan fingerprint density at radius 2 is 2.20 bits per heavy atom. The predicted molar refractivity (Wildman–Crippen MR) is 59.9 cm³/mol. The van der Waals surface area contributed by atoms with E-state index in [-0.39, 0.29) is 5.91 Å². The van der Waals surface area contributed by atoms with Crippen LogP contribution in [0.2, 0.25) is 0 Å². The zero-order valence-corrected chi connectivity index (χ0v) is 9.68. The lowest BCUT2D eigenvalue weighted by atomic mass is 10.1. The minimum Gasteiger partial charge on any atom is -0.480 e. The Morgan fingerprint density at radius 3 is 2.67 bits per heavy atom. The summed E-state index contributed by atoms with van der Waals surface area (Å²) in [7, 11) is 0. The molecule has 0 saturated heterocycles. The highest BCUT2D eigenvalue weighted by molar-refractivity contribution is 7.98. The second-order valence-electron chi connectivity index (χ2n) is 3.88. The quantitative estimate of drug-likeness (QED) is 0.689. The van der Waals surface area contributed by atoms with Crippen molar-refractivity contribution in [3.63, 3.8) is 0 Å². The largest absolute Gasteiger partial charge is 0.480 e. The van der Waals surface area contributed by atoms with Crippen molar-refractivity contribution in [2.75, 3.05) is 12.0 Å². The molecule has 0 heterocycles. The van der Waals surface area contributed by atoms with E-state index in [0.29, 0.717) is 18.8 Å². The first-order valence-corrected chi connectivity index (χ1v) is 6.54. The van der Waals surface area contributed by atoms with E-state index in [2.05, 4.69) is 5.32 Å². The summed E-state index contributed by atoms with van der Waals surface area (Å²) < 4.78 is 0. The van der Waals surface area contributed by atoms with Crippen LogP contribution in [-0.2, 0) is 9.59 Å². The average Bonchev–Trinajstić information content (AvgIpc) is 2.97. The van der Waals surface area contributed by atoms with Crippen LogP contribution in [0.4, 0.5) is 0 Å². The molecule has 5 heteroatoms. The van der Waals surface area contributed by atoms with Crippen molar-refractivity contribution in [3.05, 3.63) is 0 Å². The van der Waals surface area contributed by atoms with Crippen molar-refractivity contribution < 1.29 is 14.7 Å². The molecule has 0 aromatic rings. The smallest absolute Gasteiger partial charge is 0.326 e. The summed E-state index contributed by atoms with van der Waals surface area (Å²) in [6.45, 7) is 0. The molecule has 1 aliphatic carbocycles. The van der Waals surface area contributed by atoms with Crippen LogP contribution in [0.15, 0.2) is 0 Å². The van der Waals surface area contributed by atoms with E-state index in [1.54, 1.807) is 11.8 Å². The van der Waals surface area contributed by atoms with Crippen LogP contribution in [0.3, 0.4) is 0 Å². The SMILES string of the molecule is CSCCC(=O)NC(CC1CC1)C(=O)O. The zero-order valence-electron chi connectivity index (χ0n) is 8.86. The first kappa shape index (κ1) is 12.4. The fourth-order valence-electron chi connectivity index (χ4n) is 1.37. The van der Waals surface area contributed by atoms with Gasteiger partial charge in [-0.1, -0.05) is 12.8 Å². The molecule has 0 spiro atoms. The average molecular weight is 231 g/mol. The number of amides is 1. The number of carboxylic acid groups (broad SMARTS) is 1. The Hall–Kier alpha value is -0.710. The van der Waals surface area contributed by atoms with Crippen LogP contribution < -0.4 is 5.32 Å². The van der Waals surface area contributed by atoms with Gasteiger partial charge >= 0.3 is 5.97 Å². The third-order valence-corrected chi connectivity index (χ3v) is 3.04.